The maximum Gasteiger partial charge on any atom is 0.142 e. The topological polar surface area (TPSA) is 38.5 Å². The number of halogens is 2. The lowest BCUT2D eigenvalue weighted by Gasteiger charge is -2.24. The van der Waals surface area contributed by atoms with Crippen molar-refractivity contribution in [2.45, 2.75) is 26.4 Å². The van der Waals surface area contributed by atoms with E-state index in [2.05, 4.69) is 11.8 Å². The lowest BCUT2D eigenvalue weighted by atomic mass is 10.1. The van der Waals surface area contributed by atoms with Crippen molar-refractivity contribution in [2.24, 2.45) is 5.73 Å². The van der Waals surface area contributed by atoms with Crippen LogP contribution in [0.15, 0.2) is 18.2 Å². The van der Waals surface area contributed by atoms with Crippen molar-refractivity contribution in [3.05, 3.63) is 28.8 Å². The normalized spacial score (nSPS) is 12.1. The van der Waals surface area contributed by atoms with Crippen LogP contribution in [0.25, 0.3) is 0 Å². The molecule has 0 aliphatic carbocycles. The average molecular weight is 293 g/mol. The van der Waals surface area contributed by atoms with Crippen molar-refractivity contribution in [1.82, 2.24) is 4.90 Å². The molecule has 5 heteroatoms. The Bertz CT molecular complexity index is 361. The monoisotopic (exact) mass is 292 g/mol. The van der Waals surface area contributed by atoms with Crippen LogP contribution in [-0.4, -0.2) is 31.1 Å². The van der Waals surface area contributed by atoms with Crippen LogP contribution in [0.3, 0.4) is 0 Å². The van der Waals surface area contributed by atoms with Crippen molar-refractivity contribution < 1.29 is 4.74 Å². The van der Waals surface area contributed by atoms with E-state index in [1.54, 1.807) is 0 Å². The minimum atomic E-state index is 0. The van der Waals surface area contributed by atoms with Gasteiger partial charge in [-0.3, -0.25) is 4.90 Å². The molecule has 2 N–H and O–H groups in total. The van der Waals surface area contributed by atoms with Crippen molar-refractivity contribution in [3.8, 4) is 5.75 Å². The largest absolute Gasteiger partial charge is 0.492 e. The Morgan fingerprint density at radius 2 is 2.11 bits per heavy atom. The molecule has 0 spiro atoms. The molecular formula is C13H22Cl2N2O. The molecule has 1 aromatic rings. The first-order valence-corrected chi connectivity index (χ1v) is 6.28. The van der Waals surface area contributed by atoms with E-state index < -0.39 is 0 Å². The fraction of sp³-hybridized carbons (Fsp3) is 0.538. The molecule has 1 aromatic carbocycles. The molecular weight excluding hydrogens is 271 g/mol. The summed E-state index contributed by atoms with van der Waals surface area (Å²) < 4.78 is 5.59. The highest BCUT2D eigenvalue weighted by Crippen LogP contribution is 2.29. The number of nitrogens with two attached hydrogens (primary N) is 1. The van der Waals surface area contributed by atoms with Gasteiger partial charge in [0.1, 0.15) is 5.75 Å². The van der Waals surface area contributed by atoms with Gasteiger partial charge >= 0.3 is 0 Å². The molecule has 1 unspecified atom stereocenters. The van der Waals surface area contributed by atoms with E-state index in [-0.39, 0.29) is 12.4 Å². The van der Waals surface area contributed by atoms with E-state index in [1.165, 1.54) is 0 Å². The molecule has 3 nitrogen and oxygen atoms in total. The molecule has 0 radical (unpaired) electrons. The smallest absolute Gasteiger partial charge is 0.142 e. The van der Waals surface area contributed by atoms with Gasteiger partial charge < -0.3 is 10.5 Å². The van der Waals surface area contributed by atoms with Crippen LogP contribution in [0, 0.1) is 0 Å². The summed E-state index contributed by atoms with van der Waals surface area (Å²) in [6, 6.07) is 6.17. The zero-order chi connectivity index (χ0) is 12.8. The van der Waals surface area contributed by atoms with Gasteiger partial charge in [0.25, 0.3) is 0 Å². The zero-order valence-corrected chi connectivity index (χ0v) is 12.7. The lowest BCUT2D eigenvalue weighted by molar-refractivity contribution is 0.248. The molecule has 0 saturated heterocycles. The number of para-hydroxylation sites is 1. The summed E-state index contributed by atoms with van der Waals surface area (Å²) in [7, 11) is 2.05. The van der Waals surface area contributed by atoms with Gasteiger partial charge in [0.2, 0.25) is 0 Å². The molecule has 1 atom stereocenters. The van der Waals surface area contributed by atoms with Gasteiger partial charge in [0.05, 0.1) is 11.6 Å². The Morgan fingerprint density at radius 1 is 1.44 bits per heavy atom. The van der Waals surface area contributed by atoms with Crippen LogP contribution in [-0.2, 0) is 6.54 Å². The molecule has 0 aliphatic heterocycles. The first-order chi connectivity index (χ1) is 8.10. The Labute approximate surface area is 121 Å². The van der Waals surface area contributed by atoms with Crippen molar-refractivity contribution in [3.63, 3.8) is 0 Å². The summed E-state index contributed by atoms with van der Waals surface area (Å²) in [4.78, 5) is 2.19. The van der Waals surface area contributed by atoms with Gasteiger partial charge in [-0.25, -0.2) is 0 Å². The van der Waals surface area contributed by atoms with E-state index in [4.69, 9.17) is 22.1 Å². The molecule has 1 rings (SSSR count). The van der Waals surface area contributed by atoms with E-state index in [1.807, 2.05) is 32.2 Å². The minimum absolute atomic E-state index is 0. The average Bonchev–Trinajstić information content (AvgIpc) is 2.32. The Hall–Kier alpha value is -0.480. The van der Waals surface area contributed by atoms with Crippen LogP contribution in [0.2, 0.25) is 5.02 Å². The van der Waals surface area contributed by atoms with Gasteiger partial charge in [-0.1, -0.05) is 23.7 Å². The number of nitrogens with zero attached hydrogens (tertiary/aromatic N) is 1. The van der Waals surface area contributed by atoms with Gasteiger partial charge in [-0.15, -0.1) is 12.4 Å². The van der Waals surface area contributed by atoms with Crippen LogP contribution >= 0.6 is 24.0 Å². The first kappa shape index (κ1) is 17.5. The molecule has 0 aromatic heterocycles. The van der Waals surface area contributed by atoms with E-state index in [0.717, 1.165) is 17.9 Å². The second-order valence-corrected chi connectivity index (χ2v) is 4.57. The first-order valence-electron chi connectivity index (χ1n) is 5.90. The third-order valence-electron chi connectivity index (χ3n) is 2.85. The summed E-state index contributed by atoms with van der Waals surface area (Å²) in [5.41, 5.74) is 6.75. The van der Waals surface area contributed by atoms with E-state index >= 15 is 0 Å². The van der Waals surface area contributed by atoms with Crippen LogP contribution in [0.4, 0.5) is 0 Å². The summed E-state index contributed by atoms with van der Waals surface area (Å²) in [6.07, 6.45) is 0. The predicted octanol–water partition coefficient (Wildman–Crippen LogP) is 2.94. The fourth-order valence-electron chi connectivity index (χ4n) is 1.59. The molecule has 0 amide bonds. The zero-order valence-electron chi connectivity index (χ0n) is 11.1. The molecule has 0 fully saturated rings. The maximum atomic E-state index is 6.14. The van der Waals surface area contributed by atoms with Crippen molar-refractivity contribution >= 4 is 24.0 Å². The van der Waals surface area contributed by atoms with Crippen LogP contribution in [0.1, 0.15) is 19.4 Å². The van der Waals surface area contributed by atoms with E-state index in [0.29, 0.717) is 24.2 Å². The number of hydrogen-bond donors (Lipinski definition) is 1. The molecule has 0 bridgehead atoms. The third kappa shape index (κ3) is 4.65. The standard InChI is InChI=1S/C13H21ClN2O.ClH/c1-4-17-13-11(6-5-7-12(13)14)9-16(3)10(2)8-15;/h5-7,10H,4,8-9,15H2,1-3H3;1H. The van der Waals surface area contributed by atoms with Gasteiger partial charge in [-0.2, -0.15) is 0 Å². The number of benzene rings is 1. The number of hydrogen-bond acceptors (Lipinski definition) is 3. The second kappa shape index (κ2) is 8.59. The highest BCUT2D eigenvalue weighted by molar-refractivity contribution is 6.32. The van der Waals surface area contributed by atoms with Gasteiger partial charge in [0.15, 0.2) is 0 Å². The highest BCUT2D eigenvalue weighted by atomic mass is 35.5. The molecule has 0 saturated carbocycles. The lowest BCUT2D eigenvalue weighted by Crippen LogP contribution is -2.34. The SMILES string of the molecule is CCOc1c(Cl)cccc1CN(C)C(C)CN.Cl. The number of rotatable bonds is 6. The molecule has 0 heterocycles. The fourth-order valence-corrected chi connectivity index (χ4v) is 1.84. The quantitative estimate of drug-likeness (QED) is 0.876. The van der Waals surface area contributed by atoms with Crippen molar-refractivity contribution in [1.29, 1.82) is 0 Å². The van der Waals surface area contributed by atoms with E-state index in [9.17, 15) is 0 Å². The Kier molecular flexibility index (Phi) is 8.36. The third-order valence-corrected chi connectivity index (χ3v) is 3.15. The van der Waals surface area contributed by atoms with Gasteiger partial charge in [-0.05, 0) is 27.0 Å². The molecule has 104 valence electrons. The maximum absolute atomic E-state index is 6.14. The summed E-state index contributed by atoms with van der Waals surface area (Å²) in [6.45, 7) is 6.10. The van der Waals surface area contributed by atoms with Crippen LogP contribution in [0.5, 0.6) is 5.75 Å². The minimum Gasteiger partial charge on any atom is -0.492 e. The number of ether oxygens (including phenoxy) is 1. The summed E-state index contributed by atoms with van der Waals surface area (Å²) in [5.74, 6) is 0.785. The van der Waals surface area contributed by atoms with Crippen molar-refractivity contribution in [2.75, 3.05) is 20.2 Å². The summed E-state index contributed by atoms with van der Waals surface area (Å²) in [5, 5.41) is 0.665. The summed E-state index contributed by atoms with van der Waals surface area (Å²) >= 11 is 6.14. The highest BCUT2D eigenvalue weighted by Gasteiger charge is 2.13. The predicted molar refractivity (Wildman–Crippen MR) is 79.9 cm³/mol. The second-order valence-electron chi connectivity index (χ2n) is 4.16. The Balaban J connectivity index is 0.00000289. The molecule has 18 heavy (non-hydrogen) atoms. The molecule has 0 aliphatic rings. The number of likely N-dealkylation sites (N-methyl/N-ethyl adjacent to an activating group) is 1. The van der Waals surface area contributed by atoms with Gasteiger partial charge in [0, 0.05) is 24.7 Å². The Morgan fingerprint density at radius 3 is 2.67 bits per heavy atom. The van der Waals surface area contributed by atoms with Crippen LogP contribution < -0.4 is 10.5 Å².